The first-order chi connectivity index (χ1) is 11.3. The zero-order valence-corrected chi connectivity index (χ0v) is 14.3. The van der Waals surface area contributed by atoms with Crippen molar-refractivity contribution < 1.29 is 9.53 Å². The summed E-state index contributed by atoms with van der Waals surface area (Å²) in [7, 11) is 1.43. The predicted octanol–water partition coefficient (Wildman–Crippen LogP) is 2.87. The summed E-state index contributed by atoms with van der Waals surface area (Å²) >= 11 is 0. The van der Waals surface area contributed by atoms with E-state index in [1.807, 2.05) is 18.2 Å². The lowest BCUT2D eigenvalue weighted by Crippen LogP contribution is -2.37. The van der Waals surface area contributed by atoms with Gasteiger partial charge in [0.1, 0.15) is 0 Å². The van der Waals surface area contributed by atoms with Crippen LogP contribution in [0, 0.1) is 0 Å². The molecule has 0 aliphatic carbocycles. The first kappa shape index (κ1) is 19.0. The van der Waals surface area contributed by atoms with Gasteiger partial charge in [0.05, 0.1) is 13.7 Å². The van der Waals surface area contributed by atoms with Crippen LogP contribution in [0.15, 0.2) is 35.3 Å². The Labute approximate surface area is 139 Å². The number of unbranched alkanes of at least 4 members (excludes halogenated alkanes) is 3. The van der Waals surface area contributed by atoms with Gasteiger partial charge < -0.3 is 15.4 Å². The van der Waals surface area contributed by atoms with E-state index in [-0.39, 0.29) is 5.97 Å². The van der Waals surface area contributed by atoms with Crippen LogP contribution in [0.25, 0.3) is 0 Å². The monoisotopic (exact) mass is 319 g/mol. The number of nitrogens with one attached hydrogen (secondary N) is 2. The smallest absolute Gasteiger partial charge is 0.305 e. The Hall–Kier alpha value is -2.04. The number of benzene rings is 1. The number of hydrogen-bond donors (Lipinski definition) is 2. The number of hydrogen-bond acceptors (Lipinski definition) is 3. The Morgan fingerprint density at radius 1 is 1.09 bits per heavy atom. The number of methoxy groups -OCH3 is 1. The van der Waals surface area contributed by atoms with Gasteiger partial charge in [0.2, 0.25) is 0 Å². The highest BCUT2D eigenvalue weighted by molar-refractivity contribution is 5.79. The topological polar surface area (TPSA) is 62.7 Å². The quantitative estimate of drug-likeness (QED) is 0.301. The van der Waals surface area contributed by atoms with E-state index >= 15 is 0 Å². The first-order valence-corrected chi connectivity index (χ1v) is 8.39. The van der Waals surface area contributed by atoms with Gasteiger partial charge in [-0.3, -0.25) is 4.79 Å². The lowest BCUT2D eigenvalue weighted by Gasteiger charge is -2.11. The van der Waals surface area contributed by atoms with E-state index < -0.39 is 0 Å². The molecule has 0 saturated carbocycles. The molecule has 128 valence electrons. The molecule has 0 spiro atoms. The summed E-state index contributed by atoms with van der Waals surface area (Å²) in [5.74, 6) is 0.733. The van der Waals surface area contributed by atoms with Crippen LogP contribution in [0.5, 0.6) is 0 Å². The molecule has 1 aromatic carbocycles. The van der Waals surface area contributed by atoms with Gasteiger partial charge in [-0.05, 0) is 25.3 Å². The fourth-order valence-corrected chi connectivity index (χ4v) is 2.15. The summed E-state index contributed by atoms with van der Waals surface area (Å²) in [5.41, 5.74) is 1.20. The molecule has 5 heteroatoms. The van der Waals surface area contributed by atoms with Gasteiger partial charge in [0.15, 0.2) is 5.96 Å². The van der Waals surface area contributed by atoms with E-state index in [4.69, 9.17) is 0 Å². The van der Waals surface area contributed by atoms with Crippen LogP contribution < -0.4 is 10.6 Å². The van der Waals surface area contributed by atoms with Gasteiger partial charge in [0, 0.05) is 19.5 Å². The largest absolute Gasteiger partial charge is 0.469 e. The molecule has 0 aliphatic heterocycles. The average molecular weight is 319 g/mol. The fraction of sp³-hybridized carbons (Fsp3) is 0.556. The molecule has 0 bridgehead atoms. The van der Waals surface area contributed by atoms with Crippen LogP contribution in [0.1, 0.15) is 44.6 Å². The van der Waals surface area contributed by atoms with Gasteiger partial charge in [-0.15, -0.1) is 0 Å². The van der Waals surface area contributed by atoms with Gasteiger partial charge in [-0.2, -0.15) is 0 Å². The molecule has 0 aromatic heterocycles. The molecule has 0 amide bonds. The zero-order chi connectivity index (χ0) is 16.8. The molecule has 0 saturated heterocycles. The molecule has 0 unspecified atom stereocenters. The predicted molar refractivity (Wildman–Crippen MR) is 94.4 cm³/mol. The Morgan fingerprint density at radius 2 is 1.83 bits per heavy atom. The normalized spacial score (nSPS) is 11.1. The number of esters is 1. The third-order valence-corrected chi connectivity index (χ3v) is 3.43. The van der Waals surface area contributed by atoms with E-state index in [0.29, 0.717) is 13.0 Å². The minimum Gasteiger partial charge on any atom is -0.469 e. The lowest BCUT2D eigenvalue weighted by molar-refractivity contribution is -0.140. The Kier molecular flexibility index (Phi) is 10.3. The Morgan fingerprint density at radius 3 is 2.52 bits per heavy atom. The van der Waals surface area contributed by atoms with Gasteiger partial charge in [0.25, 0.3) is 0 Å². The summed E-state index contributed by atoms with van der Waals surface area (Å²) < 4.78 is 4.62. The molecule has 1 aromatic rings. The summed E-state index contributed by atoms with van der Waals surface area (Å²) in [5, 5.41) is 6.60. The van der Waals surface area contributed by atoms with E-state index in [1.54, 1.807) is 0 Å². The molecular formula is C18H29N3O2. The molecule has 23 heavy (non-hydrogen) atoms. The molecule has 0 radical (unpaired) electrons. The third kappa shape index (κ3) is 9.55. The highest BCUT2D eigenvalue weighted by Crippen LogP contribution is 2.03. The second kappa shape index (κ2) is 12.5. The molecule has 2 N–H and O–H groups in total. The second-order valence-electron chi connectivity index (χ2n) is 5.35. The van der Waals surface area contributed by atoms with Crippen molar-refractivity contribution in [3.63, 3.8) is 0 Å². The van der Waals surface area contributed by atoms with E-state index in [2.05, 4.69) is 39.4 Å². The minimum absolute atomic E-state index is 0.120. The third-order valence-electron chi connectivity index (χ3n) is 3.43. The number of rotatable bonds is 10. The van der Waals surface area contributed by atoms with Crippen molar-refractivity contribution in [3.05, 3.63) is 35.9 Å². The van der Waals surface area contributed by atoms with Crippen LogP contribution in [-0.4, -0.2) is 32.1 Å². The molecule has 0 heterocycles. The van der Waals surface area contributed by atoms with Crippen LogP contribution >= 0.6 is 0 Å². The van der Waals surface area contributed by atoms with E-state index in [9.17, 15) is 4.79 Å². The summed E-state index contributed by atoms with van der Waals surface area (Å²) in [6.07, 6.45) is 4.63. The minimum atomic E-state index is -0.120. The summed E-state index contributed by atoms with van der Waals surface area (Å²) in [4.78, 5) is 15.6. The van der Waals surface area contributed by atoms with Crippen molar-refractivity contribution in [1.82, 2.24) is 10.6 Å². The summed E-state index contributed by atoms with van der Waals surface area (Å²) in [6.45, 7) is 4.47. The summed E-state index contributed by atoms with van der Waals surface area (Å²) in [6, 6.07) is 10.2. The van der Waals surface area contributed by atoms with Crippen molar-refractivity contribution in [2.24, 2.45) is 4.99 Å². The number of ether oxygens (including phenoxy) is 1. The van der Waals surface area contributed by atoms with Crippen molar-refractivity contribution in [2.45, 2.75) is 45.6 Å². The SMILES string of the molecule is CCNC(=NCc1ccccc1)NCCCCCCC(=O)OC. The van der Waals surface area contributed by atoms with E-state index in [1.165, 1.54) is 12.7 Å². The Bertz CT molecular complexity index is 461. The first-order valence-electron chi connectivity index (χ1n) is 8.39. The maximum atomic E-state index is 11.0. The van der Waals surface area contributed by atoms with Crippen LogP contribution in [0.3, 0.4) is 0 Å². The molecule has 5 nitrogen and oxygen atoms in total. The van der Waals surface area contributed by atoms with Crippen molar-refractivity contribution in [1.29, 1.82) is 0 Å². The van der Waals surface area contributed by atoms with Gasteiger partial charge in [-0.25, -0.2) is 4.99 Å². The average Bonchev–Trinajstić information content (AvgIpc) is 2.59. The Balaban J connectivity index is 2.19. The molecular weight excluding hydrogens is 290 g/mol. The van der Waals surface area contributed by atoms with Crippen molar-refractivity contribution >= 4 is 11.9 Å². The number of nitrogens with zero attached hydrogens (tertiary/aromatic N) is 1. The second-order valence-corrected chi connectivity index (χ2v) is 5.35. The standard InChI is InChI=1S/C18H29N3O2/c1-3-19-18(21-15-16-11-7-6-8-12-16)20-14-10-5-4-9-13-17(22)23-2/h6-8,11-12H,3-5,9-10,13-15H2,1-2H3,(H2,19,20,21). The number of carbonyl (C=O) groups is 1. The lowest BCUT2D eigenvalue weighted by atomic mass is 10.1. The van der Waals surface area contributed by atoms with Crippen LogP contribution in [0.2, 0.25) is 0 Å². The molecule has 0 aliphatic rings. The number of guanidine groups is 1. The van der Waals surface area contributed by atoms with Gasteiger partial charge >= 0.3 is 5.97 Å². The maximum Gasteiger partial charge on any atom is 0.305 e. The van der Waals surface area contributed by atoms with E-state index in [0.717, 1.165) is 44.7 Å². The van der Waals surface area contributed by atoms with Gasteiger partial charge in [-0.1, -0.05) is 43.2 Å². The fourth-order valence-electron chi connectivity index (χ4n) is 2.15. The van der Waals surface area contributed by atoms with Crippen LogP contribution in [0.4, 0.5) is 0 Å². The molecule has 1 rings (SSSR count). The highest BCUT2D eigenvalue weighted by atomic mass is 16.5. The molecule has 0 atom stereocenters. The zero-order valence-electron chi connectivity index (χ0n) is 14.3. The van der Waals surface area contributed by atoms with Crippen molar-refractivity contribution in [3.8, 4) is 0 Å². The molecule has 0 fully saturated rings. The number of carbonyl (C=O) groups excluding carboxylic acids is 1. The van der Waals surface area contributed by atoms with Crippen LogP contribution in [-0.2, 0) is 16.1 Å². The number of aliphatic imine (C=N–C) groups is 1. The van der Waals surface area contributed by atoms with Crippen molar-refractivity contribution in [2.75, 3.05) is 20.2 Å². The highest BCUT2D eigenvalue weighted by Gasteiger charge is 2.00. The maximum absolute atomic E-state index is 11.0.